The molecule has 19 heavy (non-hydrogen) atoms. The van der Waals surface area contributed by atoms with Crippen molar-refractivity contribution in [1.82, 2.24) is 29.8 Å². The number of aryl methyl sites for hydroxylation is 2. The minimum absolute atomic E-state index is 0.156. The maximum atomic E-state index is 11.8. The monoisotopic (exact) mass is 294 g/mol. The number of fused-ring (bicyclic) bond motifs is 1. The Morgan fingerprint density at radius 3 is 3.00 bits per heavy atom. The number of nitrogens with zero attached hydrogens (tertiary/aromatic N) is 5. The number of H-pyrrole nitrogens is 1. The van der Waals surface area contributed by atoms with Crippen molar-refractivity contribution in [3.63, 3.8) is 0 Å². The van der Waals surface area contributed by atoms with E-state index in [9.17, 15) is 4.79 Å². The van der Waals surface area contributed by atoms with Crippen LogP contribution in [0.4, 0.5) is 0 Å². The van der Waals surface area contributed by atoms with Crippen LogP contribution in [0, 0.1) is 13.8 Å². The molecule has 0 aliphatic carbocycles. The molecular weight excluding hydrogens is 284 g/mol. The van der Waals surface area contributed by atoms with Crippen molar-refractivity contribution < 1.29 is 0 Å². The molecule has 0 spiro atoms. The third-order valence-corrected chi connectivity index (χ3v) is 4.03. The van der Waals surface area contributed by atoms with Gasteiger partial charge in [0.05, 0.1) is 5.69 Å². The minimum Gasteiger partial charge on any atom is -0.267 e. The van der Waals surface area contributed by atoms with Gasteiger partial charge in [-0.1, -0.05) is 23.1 Å². The highest BCUT2D eigenvalue weighted by Gasteiger charge is 2.08. The van der Waals surface area contributed by atoms with Gasteiger partial charge in [0.15, 0.2) is 0 Å². The summed E-state index contributed by atoms with van der Waals surface area (Å²) in [5.74, 6) is 1.32. The summed E-state index contributed by atoms with van der Waals surface area (Å²) >= 11 is 2.84. The fourth-order valence-electron chi connectivity index (χ4n) is 1.55. The normalized spacial score (nSPS) is 11.3. The lowest BCUT2D eigenvalue weighted by Gasteiger charge is -1.97. The predicted molar refractivity (Wildman–Crippen MR) is 72.6 cm³/mol. The number of thioether (sulfide) groups is 1. The first-order valence-electron chi connectivity index (χ1n) is 5.50. The molecule has 98 valence electrons. The van der Waals surface area contributed by atoms with Crippen LogP contribution in [0.5, 0.6) is 0 Å². The van der Waals surface area contributed by atoms with E-state index < -0.39 is 0 Å². The van der Waals surface area contributed by atoms with E-state index in [1.54, 1.807) is 0 Å². The molecule has 9 heteroatoms. The number of hydrogen-bond donors (Lipinski definition) is 1. The van der Waals surface area contributed by atoms with Crippen LogP contribution in [0.15, 0.2) is 16.0 Å². The average Bonchev–Trinajstić information content (AvgIpc) is 2.92. The van der Waals surface area contributed by atoms with E-state index in [1.807, 2.05) is 13.8 Å². The van der Waals surface area contributed by atoms with Crippen molar-refractivity contribution in [3.8, 4) is 0 Å². The van der Waals surface area contributed by atoms with E-state index in [0.717, 1.165) is 10.8 Å². The topological polar surface area (TPSA) is 88.8 Å². The summed E-state index contributed by atoms with van der Waals surface area (Å²) in [5.41, 5.74) is 0.553. The number of aromatic nitrogens is 6. The van der Waals surface area contributed by atoms with E-state index in [0.29, 0.717) is 21.6 Å². The van der Waals surface area contributed by atoms with Crippen LogP contribution in [-0.2, 0) is 5.75 Å². The van der Waals surface area contributed by atoms with Gasteiger partial charge in [-0.25, -0.2) is 9.97 Å². The van der Waals surface area contributed by atoms with E-state index in [-0.39, 0.29) is 5.56 Å². The van der Waals surface area contributed by atoms with Crippen LogP contribution >= 0.6 is 23.1 Å². The number of aromatic amines is 1. The fraction of sp³-hybridized carbons (Fsp3) is 0.300. The first-order chi connectivity index (χ1) is 9.11. The van der Waals surface area contributed by atoms with Gasteiger partial charge in [-0.15, -0.1) is 5.10 Å². The fourth-order valence-corrected chi connectivity index (χ4v) is 3.05. The summed E-state index contributed by atoms with van der Waals surface area (Å²) in [6.45, 7) is 3.69. The zero-order valence-corrected chi connectivity index (χ0v) is 11.9. The molecule has 3 rings (SSSR count). The largest absolute Gasteiger partial charge is 0.275 e. The lowest BCUT2D eigenvalue weighted by molar-refractivity contribution is 0.871. The second-order valence-corrected chi connectivity index (χ2v) is 6.00. The van der Waals surface area contributed by atoms with Gasteiger partial charge in [0.25, 0.3) is 5.56 Å². The van der Waals surface area contributed by atoms with Crippen LogP contribution < -0.4 is 5.56 Å². The second kappa shape index (κ2) is 4.74. The highest BCUT2D eigenvalue weighted by Crippen LogP contribution is 2.18. The lowest BCUT2D eigenvalue weighted by atomic mass is 10.4. The molecule has 0 aliphatic rings. The van der Waals surface area contributed by atoms with Gasteiger partial charge in [0.2, 0.25) is 10.1 Å². The molecule has 0 radical (unpaired) electrons. The summed E-state index contributed by atoms with van der Waals surface area (Å²) in [4.78, 5) is 21.1. The third kappa shape index (κ3) is 2.51. The first kappa shape index (κ1) is 12.3. The molecule has 3 aromatic heterocycles. The number of hydrogen-bond acceptors (Lipinski definition) is 7. The Labute approximate surface area is 116 Å². The molecule has 0 amide bonds. The maximum absolute atomic E-state index is 11.8. The zero-order valence-electron chi connectivity index (χ0n) is 10.2. The van der Waals surface area contributed by atoms with Gasteiger partial charge in [-0.3, -0.25) is 9.89 Å². The molecular formula is C10H10N6OS2. The molecule has 7 nitrogen and oxygen atoms in total. The Kier molecular flexibility index (Phi) is 3.07. The summed E-state index contributed by atoms with van der Waals surface area (Å²) in [6, 6.07) is 1.50. The third-order valence-electron chi connectivity index (χ3n) is 2.32. The van der Waals surface area contributed by atoms with Crippen molar-refractivity contribution in [2.45, 2.75) is 24.8 Å². The van der Waals surface area contributed by atoms with Crippen LogP contribution in [0.2, 0.25) is 0 Å². The van der Waals surface area contributed by atoms with E-state index in [2.05, 4.69) is 25.3 Å². The Bertz CT molecular complexity index is 789. The lowest BCUT2D eigenvalue weighted by Crippen LogP contribution is -2.15. The van der Waals surface area contributed by atoms with Crippen LogP contribution in [0.25, 0.3) is 4.96 Å². The molecule has 0 bridgehead atoms. The molecule has 0 aromatic carbocycles. The highest BCUT2D eigenvalue weighted by atomic mass is 32.2. The van der Waals surface area contributed by atoms with Gasteiger partial charge in [0.1, 0.15) is 10.8 Å². The average molecular weight is 294 g/mol. The Balaban J connectivity index is 1.87. The van der Waals surface area contributed by atoms with Crippen molar-refractivity contribution >= 4 is 28.1 Å². The zero-order chi connectivity index (χ0) is 13.4. The first-order valence-corrected chi connectivity index (χ1v) is 7.30. The summed E-state index contributed by atoms with van der Waals surface area (Å²) in [6.07, 6.45) is 0. The molecule has 0 saturated carbocycles. The van der Waals surface area contributed by atoms with Gasteiger partial charge in [-0.2, -0.15) is 9.61 Å². The van der Waals surface area contributed by atoms with E-state index in [1.165, 1.54) is 33.7 Å². The van der Waals surface area contributed by atoms with Crippen molar-refractivity contribution in [2.24, 2.45) is 0 Å². The van der Waals surface area contributed by atoms with Crippen LogP contribution in [-0.4, -0.2) is 29.8 Å². The van der Waals surface area contributed by atoms with E-state index in [4.69, 9.17) is 0 Å². The summed E-state index contributed by atoms with van der Waals surface area (Å²) in [7, 11) is 0. The van der Waals surface area contributed by atoms with Gasteiger partial charge in [0, 0.05) is 11.8 Å². The van der Waals surface area contributed by atoms with Crippen molar-refractivity contribution in [2.75, 3.05) is 0 Å². The van der Waals surface area contributed by atoms with Crippen LogP contribution in [0.3, 0.4) is 0 Å². The molecule has 0 fully saturated rings. The molecule has 0 unspecified atom stereocenters. The van der Waals surface area contributed by atoms with Gasteiger partial charge in [-0.05, 0) is 13.8 Å². The van der Waals surface area contributed by atoms with Gasteiger partial charge >= 0.3 is 0 Å². The van der Waals surface area contributed by atoms with Gasteiger partial charge < -0.3 is 0 Å². The molecule has 3 heterocycles. The quantitative estimate of drug-likeness (QED) is 0.730. The molecule has 0 saturated heterocycles. The Morgan fingerprint density at radius 1 is 1.42 bits per heavy atom. The molecule has 0 atom stereocenters. The molecule has 3 aromatic rings. The smallest absolute Gasteiger partial charge is 0.267 e. The van der Waals surface area contributed by atoms with Crippen molar-refractivity contribution in [1.29, 1.82) is 0 Å². The maximum Gasteiger partial charge on any atom is 0.275 e. The molecule has 1 N–H and O–H groups in total. The molecule has 0 aliphatic heterocycles. The Morgan fingerprint density at radius 2 is 2.26 bits per heavy atom. The number of rotatable bonds is 3. The van der Waals surface area contributed by atoms with Crippen molar-refractivity contribution in [3.05, 3.63) is 32.9 Å². The minimum atomic E-state index is -0.156. The standard InChI is InChI=1S/C10H10N6OS2/c1-5-11-9(14-13-5)18-4-7-3-8(17)16-10(12-7)19-6(2)15-16/h3H,4H2,1-2H3,(H,11,13,14). The van der Waals surface area contributed by atoms with E-state index >= 15 is 0 Å². The predicted octanol–water partition coefficient (Wildman–Crippen LogP) is 1.18. The van der Waals surface area contributed by atoms with Crippen LogP contribution in [0.1, 0.15) is 16.5 Å². The SMILES string of the molecule is Cc1nc(SCc2cc(=O)n3nc(C)sc3n2)n[nH]1. The second-order valence-electron chi connectivity index (χ2n) is 3.89. The Hall–Kier alpha value is -1.74. The summed E-state index contributed by atoms with van der Waals surface area (Å²) < 4.78 is 1.32. The summed E-state index contributed by atoms with van der Waals surface area (Å²) in [5, 5.41) is 12.4. The number of nitrogens with one attached hydrogen (secondary N) is 1. The highest BCUT2D eigenvalue weighted by molar-refractivity contribution is 7.98.